The van der Waals surface area contributed by atoms with Crippen molar-refractivity contribution in [2.45, 2.75) is 13.0 Å². The van der Waals surface area contributed by atoms with Crippen LogP contribution in [0.4, 0.5) is 0 Å². The third-order valence-corrected chi connectivity index (χ3v) is 2.68. The molecule has 0 saturated heterocycles. The Hall–Kier alpha value is -1.54. The number of ether oxygens (including phenoxy) is 1. The number of benzene rings is 2. The molecule has 0 bridgehead atoms. The normalized spacial score (nSPS) is 12.4. The second-order valence-corrected chi connectivity index (χ2v) is 3.91. The first-order chi connectivity index (χ1) is 7.68. The maximum absolute atomic E-state index is 10.9. The predicted molar refractivity (Wildman–Crippen MR) is 64.9 cm³/mol. The first-order valence-corrected chi connectivity index (χ1v) is 5.40. The molecule has 0 unspecified atom stereocenters. The van der Waals surface area contributed by atoms with Gasteiger partial charge in [-0.25, -0.2) is 0 Å². The molecular weight excluding hydrogens is 224 g/mol. The predicted octanol–water partition coefficient (Wildman–Crippen LogP) is 3.37. The molecule has 16 heavy (non-hydrogen) atoms. The molecule has 3 heteroatoms. The zero-order valence-corrected chi connectivity index (χ0v) is 9.57. The van der Waals surface area contributed by atoms with Crippen LogP contribution in [-0.4, -0.2) is 11.3 Å². The van der Waals surface area contributed by atoms with Crippen LogP contribution < -0.4 is 4.74 Å². The molecule has 0 aliphatic rings. The molecule has 2 aromatic rings. The van der Waals surface area contributed by atoms with Gasteiger partial charge in [-0.3, -0.25) is 4.79 Å². The van der Waals surface area contributed by atoms with Crippen LogP contribution in [-0.2, 0) is 4.79 Å². The highest BCUT2D eigenvalue weighted by Crippen LogP contribution is 2.26. The topological polar surface area (TPSA) is 26.3 Å². The van der Waals surface area contributed by atoms with Crippen molar-refractivity contribution in [3.05, 3.63) is 42.5 Å². The summed E-state index contributed by atoms with van der Waals surface area (Å²) < 4.78 is 5.51. The van der Waals surface area contributed by atoms with Crippen molar-refractivity contribution in [3.8, 4) is 5.75 Å². The zero-order chi connectivity index (χ0) is 11.5. The van der Waals surface area contributed by atoms with E-state index < -0.39 is 11.3 Å². The Balaban J connectivity index is 2.41. The second kappa shape index (κ2) is 4.54. The number of halogens is 1. The van der Waals surface area contributed by atoms with E-state index in [1.807, 2.05) is 42.5 Å². The molecule has 0 aromatic heterocycles. The quantitative estimate of drug-likeness (QED) is 0.761. The fourth-order valence-corrected chi connectivity index (χ4v) is 1.58. The summed E-state index contributed by atoms with van der Waals surface area (Å²) in [6.07, 6.45) is -0.632. The third kappa shape index (κ3) is 2.17. The Morgan fingerprint density at radius 3 is 2.62 bits per heavy atom. The largest absolute Gasteiger partial charge is 0.481 e. The molecule has 0 aliphatic carbocycles. The van der Waals surface area contributed by atoms with Crippen molar-refractivity contribution >= 4 is 27.6 Å². The summed E-state index contributed by atoms with van der Waals surface area (Å²) in [6, 6.07) is 13.6. The van der Waals surface area contributed by atoms with E-state index in [9.17, 15) is 4.79 Å². The molecule has 0 heterocycles. The first kappa shape index (κ1) is 11.0. The third-order valence-electron chi connectivity index (χ3n) is 2.37. The van der Waals surface area contributed by atoms with Crippen LogP contribution in [0.5, 0.6) is 5.75 Å². The Bertz CT molecular complexity index is 517. The molecule has 0 radical (unpaired) electrons. The highest BCUT2D eigenvalue weighted by Gasteiger charge is 2.12. The fraction of sp³-hybridized carbons (Fsp3) is 0.154. The summed E-state index contributed by atoms with van der Waals surface area (Å²) in [6.45, 7) is 1.64. The average Bonchev–Trinajstić information content (AvgIpc) is 2.29. The number of carbonyl (C=O) groups is 1. The van der Waals surface area contributed by atoms with Crippen LogP contribution in [0.25, 0.3) is 10.8 Å². The van der Waals surface area contributed by atoms with Crippen LogP contribution in [0.3, 0.4) is 0 Å². The fourth-order valence-electron chi connectivity index (χ4n) is 1.54. The molecular formula is C13H11ClO2. The van der Waals surface area contributed by atoms with Gasteiger partial charge in [-0.2, -0.15) is 0 Å². The van der Waals surface area contributed by atoms with Crippen LogP contribution in [0.15, 0.2) is 42.5 Å². The SMILES string of the molecule is C[C@H](Oc1cccc2ccccc12)C(=O)Cl. The number of hydrogen-bond acceptors (Lipinski definition) is 2. The highest BCUT2D eigenvalue weighted by molar-refractivity contribution is 6.64. The Morgan fingerprint density at radius 2 is 1.88 bits per heavy atom. The van der Waals surface area contributed by atoms with E-state index >= 15 is 0 Å². The molecule has 0 fully saturated rings. The van der Waals surface area contributed by atoms with E-state index in [1.165, 1.54) is 0 Å². The molecule has 1 atom stereocenters. The van der Waals surface area contributed by atoms with Gasteiger partial charge in [0.15, 0.2) is 6.10 Å². The standard InChI is InChI=1S/C13H11ClO2/c1-9(13(14)15)16-12-8-4-6-10-5-2-3-7-11(10)12/h2-9H,1H3/t9-/m0/s1. The summed E-state index contributed by atoms with van der Waals surface area (Å²) in [7, 11) is 0. The van der Waals surface area contributed by atoms with Gasteiger partial charge in [0.25, 0.3) is 5.24 Å². The smallest absolute Gasteiger partial charge is 0.262 e. The van der Waals surface area contributed by atoms with Crippen molar-refractivity contribution in [2.75, 3.05) is 0 Å². The van der Waals surface area contributed by atoms with E-state index in [-0.39, 0.29) is 0 Å². The van der Waals surface area contributed by atoms with E-state index in [2.05, 4.69) is 0 Å². The Kier molecular flexibility index (Phi) is 3.11. The second-order valence-electron chi connectivity index (χ2n) is 3.54. The van der Waals surface area contributed by atoms with Crippen LogP contribution >= 0.6 is 11.6 Å². The monoisotopic (exact) mass is 234 g/mol. The summed E-state index contributed by atoms with van der Waals surface area (Å²) in [5.41, 5.74) is 0. The maximum atomic E-state index is 10.9. The lowest BCUT2D eigenvalue weighted by Crippen LogP contribution is -2.18. The number of hydrogen-bond donors (Lipinski definition) is 0. The maximum Gasteiger partial charge on any atom is 0.262 e. The molecule has 0 amide bonds. The van der Waals surface area contributed by atoms with Crippen molar-refractivity contribution < 1.29 is 9.53 Å². The molecule has 0 aliphatic heterocycles. The van der Waals surface area contributed by atoms with Gasteiger partial charge in [-0.15, -0.1) is 0 Å². The van der Waals surface area contributed by atoms with Crippen LogP contribution in [0.1, 0.15) is 6.92 Å². The lowest BCUT2D eigenvalue weighted by molar-refractivity contribution is -0.117. The number of rotatable bonds is 3. The van der Waals surface area contributed by atoms with Gasteiger partial charge in [0.2, 0.25) is 0 Å². The molecule has 0 N–H and O–H groups in total. The van der Waals surface area contributed by atoms with Crippen LogP contribution in [0.2, 0.25) is 0 Å². The van der Waals surface area contributed by atoms with Crippen molar-refractivity contribution in [2.24, 2.45) is 0 Å². The molecule has 2 rings (SSSR count). The lowest BCUT2D eigenvalue weighted by atomic mass is 10.1. The molecule has 2 nitrogen and oxygen atoms in total. The molecule has 0 spiro atoms. The van der Waals surface area contributed by atoms with Crippen molar-refractivity contribution in [1.82, 2.24) is 0 Å². The van der Waals surface area contributed by atoms with Gasteiger partial charge < -0.3 is 4.74 Å². The first-order valence-electron chi connectivity index (χ1n) is 5.02. The zero-order valence-electron chi connectivity index (χ0n) is 8.81. The summed E-state index contributed by atoms with van der Waals surface area (Å²) in [5.74, 6) is 0.680. The minimum Gasteiger partial charge on any atom is -0.481 e. The van der Waals surface area contributed by atoms with Gasteiger partial charge in [0.1, 0.15) is 5.75 Å². The summed E-state index contributed by atoms with van der Waals surface area (Å²) >= 11 is 5.37. The van der Waals surface area contributed by atoms with Gasteiger partial charge in [-0.05, 0) is 30.0 Å². The van der Waals surface area contributed by atoms with Gasteiger partial charge >= 0.3 is 0 Å². The lowest BCUT2D eigenvalue weighted by Gasteiger charge is -2.12. The van der Waals surface area contributed by atoms with Gasteiger partial charge in [-0.1, -0.05) is 36.4 Å². The average molecular weight is 235 g/mol. The Labute approximate surface area is 98.8 Å². The minimum absolute atomic E-state index is 0.493. The van der Waals surface area contributed by atoms with E-state index in [1.54, 1.807) is 6.92 Å². The van der Waals surface area contributed by atoms with Crippen molar-refractivity contribution in [1.29, 1.82) is 0 Å². The Morgan fingerprint density at radius 1 is 1.19 bits per heavy atom. The van der Waals surface area contributed by atoms with Crippen molar-refractivity contribution in [3.63, 3.8) is 0 Å². The molecule has 82 valence electrons. The minimum atomic E-state index is -0.632. The molecule has 0 saturated carbocycles. The van der Waals surface area contributed by atoms with Gasteiger partial charge in [0, 0.05) is 5.39 Å². The number of fused-ring (bicyclic) bond motifs is 1. The van der Waals surface area contributed by atoms with Gasteiger partial charge in [0.05, 0.1) is 0 Å². The number of carbonyl (C=O) groups excluding carboxylic acids is 1. The summed E-state index contributed by atoms with van der Waals surface area (Å²) in [5, 5.41) is 1.57. The molecule has 2 aromatic carbocycles. The van der Waals surface area contributed by atoms with E-state index in [0.29, 0.717) is 5.75 Å². The van der Waals surface area contributed by atoms with Crippen LogP contribution in [0, 0.1) is 0 Å². The van der Waals surface area contributed by atoms with E-state index in [4.69, 9.17) is 16.3 Å². The highest BCUT2D eigenvalue weighted by atomic mass is 35.5. The van der Waals surface area contributed by atoms with E-state index in [0.717, 1.165) is 10.8 Å². The summed E-state index contributed by atoms with van der Waals surface area (Å²) in [4.78, 5) is 10.9.